The third-order valence-corrected chi connectivity index (χ3v) is 7.45. The van der Waals surface area contributed by atoms with Crippen LogP contribution >= 0.6 is 11.8 Å². The van der Waals surface area contributed by atoms with Gasteiger partial charge in [0.25, 0.3) is 0 Å². The molecule has 1 fully saturated rings. The Morgan fingerprint density at radius 2 is 2.12 bits per heavy atom. The van der Waals surface area contributed by atoms with Crippen molar-refractivity contribution in [3.63, 3.8) is 0 Å². The fourth-order valence-electron chi connectivity index (χ4n) is 4.64. The maximum atomic E-state index is 12.0. The highest BCUT2D eigenvalue weighted by Crippen LogP contribution is 2.34. The molecule has 3 atom stereocenters. The predicted molar refractivity (Wildman–Crippen MR) is 131 cm³/mol. The molecule has 0 unspecified atom stereocenters. The summed E-state index contributed by atoms with van der Waals surface area (Å²) in [6.07, 6.45) is 8.09. The smallest absolute Gasteiger partial charge is 0.308 e. The summed E-state index contributed by atoms with van der Waals surface area (Å²) in [6, 6.07) is 7.45. The molecule has 1 aromatic carbocycles. The number of aliphatic hydroxyl groups excluding tert-OH is 1. The number of carboxylic acid groups (broad SMARTS) is 1. The summed E-state index contributed by atoms with van der Waals surface area (Å²) in [6.45, 7) is 2.23. The Morgan fingerprint density at radius 1 is 1.29 bits per heavy atom. The molecule has 4 rings (SSSR count). The number of aliphatic carboxylic acids is 1. The number of rotatable bonds is 10. The lowest BCUT2D eigenvalue weighted by Crippen LogP contribution is -2.44. The zero-order valence-corrected chi connectivity index (χ0v) is 20.0. The summed E-state index contributed by atoms with van der Waals surface area (Å²) < 4.78 is 5.33. The van der Waals surface area contributed by atoms with Crippen LogP contribution in [0.15, 0.2) is 54.1 Å². The lowest BCUT2D eigenvalue weighted by molar-refractivity contribution is -0.146. The normalized spacial score (nSPS) is 19.7. The van der Waals surface area contributed by atoms with Crippen molar-refractivity contribution in [1.82, 2.24) is 19.9 Å². The van der Waals surface area contributed by atoms with Crippen LogP contribution in [0.25, 0.3) is 10.9 Å². The average Bonchev–Trinajstić information content (AvgIpc) is 2.87. The second-order valence-corrected chi connectivity index (χ2v) is 9.76. The largest absolute Gasteiger partial charge is 0.497 e. The number of benzene rings is 1. The fraction of sp³-hybridized carbons (Fsp3) is 0.440. The lowest BCUT2D eigenvalue weighted by atomic mass is 9.81. The second kappa shape index (κ2) is 11.6. The highest BCUT2D eigenvalue weighted by Gasteiger charge is 2.34. The van der Waals surface area contributed by atoms with Crippen LogP contribution in [0.4, 0.5) is 0 Å². The number of aliphatic hydroxyl groups is 1. The minimum atomic E-state index is -0.757. The van der Waals surface area contributed by atoms with Gasteiger partial charge in [-0.15, -0.1) is 11.8 Å². The number of thioether (sulfide) groups is 1. The predicted octanol–water partition coefficient (Wildman–Crippen LogP) is 3.66. The first-order valence-electron chi connectivity index (χ1n) is 11.5. The maximum absolute atomic E-state index is 12.0. The Bertz CT molecular complexity index is 1100. The van der Waals surface area contributed by atoms with Crippen LogP contribution in [-0.4, -0.2) is 68.5 Å². The van der Waals surface area contributed by atoms with E-state index in [1.165, 1.54) is 6.33 Å². The molecule has 0 bridgehead atoms. The van der Waals surface area contributed by atoms with Crippen molar-refractivity contribution in [2.45, 2.75) is 30.3 Å². The number of ether oxygens (including phenoxy) is 1. The van der Waals surface area contributed by atoms with E-state index in [0.717, 1.165) is 46.6 Å². The van der Waals surface area contributed by atoms with E-state index >= 15 is 0 Å². The van der Waals surface area contributed by atoms with Gasteiger partial charge in [0, 0.05) is 47.7 Å². The lowest BCUT2D eigenvalue weighted by Gasteiger charge is -2.36. The Hall–Kier alpha value is -2.75. The standard InChI is InChI=1S/C25H30N4O4S/c1-33-18-3-4-23-21(12-18)20(6-8-28-23)24(30)5-2-17-7-9-29(15-22(17)25(31)32)10-11-34-19-13-26-16-27-14-19/h3-4,6,8,12-14,16-17,22,24,30H,2,5,7,9-11,15H2,1H3,(H,31,32)/t17-,22+,24+/m1/s1. The van der Waals surface area contributed by atoms with Gasteiger partial charge in [0.1, 0.15) is 12.1 Å². The van der Waals surface area contributed by atoms with Crippen molar-refractivity contribution in [3.05, 3.63) is 54.7 Å². The van der Waals surface area contributed by atoms with E-state index < -0.39 is 18.0 Å². The fourth-order valence-corrected chi connectivity index (χ4v) is 5.50. The van der Waals surface area contributed by atoms with Gasteiger partial charge in [0.05, 0.1) is 24.6 Å². The average molecular weight is 483 g/mol. The zero-order chi connectivity index (χ0) is 23.9. The van der Waals surface area contributed by atoms with Gasteiger partial charge < -0.3 is 19.8 Å². The summed E-state index contributed by atoms with van der Waals surface area (Å²) in [5.41, 5.74) is 1.60. The number of carboxylic acids is 1. The van der Waals surface area contributed by atoms with E-state index in [1.807, 2.05) is 24.3 Å². The van der Waals surface area contributed by atoms with Crippen LogP contribution in [0.5, 0.6) is 5.75 Å². The molecule has 0 spiro atoms. The van der Waals surface area contributed by atoms with Crippen LogP contribution in [0, 0.1) is 11.8 Å². The maximum Gasteiger partial charge on any atom is 0.308 e. The highest BCUT2D eigenvalue weighted by atomic mass is 32.2. The summed E-state index contributed by atoms with van der Waals surface area (Å²) in [5, 5.41) is 21.7. The van der Waals surface area contributed by atoms with Gasteiger partial charge in [0.15, 0.2) is 0 Å². The van der Waals surface area contributed by atoms with E-state index in [1.54, 1.807) is 37.5 Å². The Labute approximate surface area is 203 Å². The van der Waals surface area contributed by atoms with Crippen LogP contribution < -0.4 is 4.74 Å². The van der Waals surface area contributed by atoms with Crippen molar-refractivity contribution in [2.75, 3.05) is 32.5 Å². The van der Waals surface area contributed by atoms with Crippen LogP contribution in [-0.2, 0) is 4.79 Å². The first-order chi connectivity index (χ1) is 16.5. The third-order valence-electron chi connectivity index (χ3n) is 6.52. The van der Waals surface area contributed by atoms with Gasteiger partial charge >= 0.3 is 5.97 Å². The number of hydrogen-bond donors (Lipinski definition) is 2. The quantitative estimate of drug-likeness (QED) is 0.418. The number of carbonyl (C=O) groups is 1. The van der Waals surface area contributed by atoms with Gasteiger partial charge in [-0.2, -0.15) is 0 Å². The molecule has 34 heavy (non-hydrogen) atoms. The van der Waals surface area contributed by atoms with Crippen molar-refractivity contribution in [3.8, 4) is 5.75 Å². The molecule has 0 radical (unpaired) electrons. The van der Waals surface area contributed by atoms with E-state index in [9.17, 15) is 15.0 Å². The molecule has 9 heteroatoms. The molecule has 8 nitrogen and oxygen atoms in total. The molecule has 1 aliphatic rings. The van der Waals surface area contributed by atoms with Crippen molar-refractivity contribution < 1.29 is 19.7 Å². The molecule has 2 N–H and O–H groups in total. The SMILES string of the molecule is COc1ccc2nccc([C@@H](O)CC[C@@H]3CCN(CCSc4cncnc4)C[C@@H]3C(=O)O)c2c1. The zero-order valence-electron chi connectivity index (χ0n) is 19.2. The Morgan fingerprint density at radius 3 is 2.88 bits per heavy atom. The molecule has 180 valence electrons. The topological polar surface area (TPSA) is 109 Å². The van der Waals surface area contributed by atoms with Crippen molar-refractivity contribution in [2.24, 2.45) is 11.8 Å². The molecular formula is C25H30N4O4S. The molecule has 1 aliphatic heterocycles. The number of hydrogen-bond acceptors (Lipinski definition) is 8. The minimum absolute atomic E-state index is 0.0428. The summed E-state index contributed by atoms with van der Waals surface area (Å²) in [5.74, 6) is 0.431. The van der Waals surface area contributed by atoms with Crippen molar-refractivity contribution in [1.29, 1.82) is 0 Å². The minimum Gasteiger partial charge on any atom is -0.497 e. The van der Waals surface area contributed by atoms with Gasteiger partial charge in [-0.05, 0) is 61.6 Å². The Balaban J connectivity index is 1.34. The van der Waals surface area contributed by atoms with E-state index in [2.05, 4.69) is 19.9 Å². The first kappa shape index (κ1) is 24.4. The Kier molecular flexibility index (Phi) is 8.31. The van der Waals surface area contributed by atoms with Gasteiger partial charge in [-0.1, -0.05) is 0 Å². The number of aromatic nitrogens is 3. The second-order valence-electron chi connectivity index (χ2n) is 8.59. The first-order valence-corrected chi connectivity index (χ1v) is 12.5. The van der Waals surface area contributed by atoms with E-state index in [-0.39, 0.29) is 5.92 Å². The number of fused-ring (bicyclic) bond motifs is 1. The molecule has 3 aromatic rings. The summed E-state index contributed by atoms with van der Waals surface area (Å²) in [7, 11) is 1.61. The number of piperidine rings is 1. The van der Waals surface area contributed by atoms with E-state index in [0.29, 0.717) is 25.1 Å². The highest BCUT2D eigenvalue weighted by molar-refractivity contribution is 7.99. The molecule has 0 amide bonds. The van der Waals surface area contributed by atoms with Crippen LogP contribution in [0.2, 0.25) is 0 Å². The molecular weight excluding hydrogens is 452 g/mol. The summed E-state index contributed by atoms with van der Waals surface area (Å²) in [4.78, 5) is 27.7. The third kappa shape index (κ3) is 6.02. The molecule has 1 saturated heterocycles. The summed E-state index contributed by atoms with van der Waals surface area (Å²) >= 11 is 1.68. The monoisotopic (exact) mass is 482 g/mol. The van der Waals surface area contributed by atoms with Gasteiger partial charge in [-0.25, -0.2) is 9.97 Å². The molecule has 0 aliphatic carbocycles. The molecule has 0 saturated carbocycles. The number of likely N-dealkylation sites (tertiary alicyclic amines) is 1. The number of methoxy groups -OCH3 is 1. The molecule has 2 aromatic heterocycles. The van der Waals surface area contributed by atoms with Gasteiger partial charge in [0.2, 0.25) is 0 Å². The van der Waals surface area contributed by atoms with Crippen LogP contribution in [0.3, 0.4) is 0 Å². The van der Waals surface area contributed by atoms with Crippen molar-refractivity contribution >= 4 is 28.6 Å². The van der Waals surface area contributed by atoms with Crippen LogP contribution in [0.1, 0.15) is 30.9 Å². The molecule has 3 heterocycles. The number of nitrogens with zero attached hydrogens (tertiary/aromatic N) is 4. The van der Waals surface area contributed by atoms with Gasteiger partial charge in [-0.3, -0.25) is 9.78 Å². The number of pyridine rings is 1. The van der Waals surface area contributed by atoms with E-state index in [4.69, 9.17) is 4.74 Å².